The third-order valence-corrected chi connectivity index (χ3v) is 8.50. The van der Waals surface area contributed by atoms with Crippen LogP contribution in [-0.4, -0.2) is 24.5 Å². The van der Waals surface area contributed by atoms with E-state index in [1.54, 1.807) is 18.2 Å². The smallest absolute Gasteiger partial charge is 0.443 e. The monoisotopic (exact) mass is 861 g/mol. The summed E-state index contributed by atoms with van der Waals surface area (Å²) in [6.07, 6.45) is -0.327. The number of nitrogens with zero attached hydrogens (tertiary/aromatic N) is 6. The molecule has 2 aromatic carbocycles. The fourth-order valence-electron chi connectivity index (χ4n) is 5.53. The normalized spacial score (nSPS) is 12.3. The molecule has 4 aromatic heterocycles. The molecule has 12 heteroatoms. The van der Waals surface area contributed by atoms with Crippen molar-refractivity contribution in [3.63, 3.8) is 0 Å². The summed E-state index contributed by atoms with van der Waals surface area (Å²) in [5.74, 6) is -2.96. The first-order chi connectivity index (χ1) is 23.4. The molecule has 0 radical (unpaired) electrons. The zero-order valence-electron chi connectivity index (χ0n) is 27.4. The maximum atomic E-state index is 15.2. The minimum atomic E-state index is -4.73. The number of alkyl halides is 3. The third kappa shape index (κ3) is 7.38. The molecule has 258 valence electrons. The predicted molar refractivity (Wildman–Crippen MR) is 177 cm³/mol. The maximum absolute atomic E-state index is 15.2. The standard InChI is InChI=1S/C38H31F5N6.Pt/c1-5-24(2)25-14-16-27(17-15-25)49(26-10-7-6-8-11-26)28-22-30(29-18-19-33(39)47-35(29)40)45-32(23-28)37(3,4)31-12-9-13-34(46-31)48-21-20-44-36(48)38(41,42)43;/h6-17,19-20,22-24H,5H2,1-4H3;/q-2;+2. The molecule has 0 aliphatic carbocycles. The third-order valence-electron chi connectivity index (χ3n) is 8.50. The van der Waals surface area contributed by atoms with Crippen molar-refractivity contribution in [3.05, 3.63) is 144 Å². The molecule has 0 amide bonds. The average molecular weight is 862 g/mol. The number of aromatic nitrogens is 5. The van der Waals surface area contributed by atoms with Crippen LogP contribution in [0.1, 0.15) is 62.8 Å². The molecule has 0 aliphatic heterocycles. The van der Waals surface area contributed by atoms with Gasteiger partial charge in [-0.2, -0.15) is 13.2 Å². The molecule has 0 N–H and O–H groups in total. The zero-order chi connectivity index (χ0) is 34.9. The number of hydrogen-bond donors (Lipinski definition) is 0. The molecule has 0 fully saturated rings. The Morgan fingerprint density at radius 1 is 0.820 bits per heavy atom. The molecule has 6 rings (SSSR count). The van der Waals surface area contributed by atoms with E-state index in [9.17, 15) is 17.6 Å². The molecule has 4 heterocycles. The number of halogens is 5. The number of imidazole rings is 1. The molecule has 0 aliphatic rings. The van der Waals surface area contributed by atoms with Crippen LogP contribution in [0.4, 0.5) is 39.0 Å². The van der Waals surface area contributed by atoms with E-state index in [0.29, 0.717) is 23.0 Å². The summed E-state index contributed by atoms with van der Waals surface area (Å²) in [6.45, 7) is 7.92. The minimum Gasteiger partial charge on any atom is -0.443 e. The molecule has 50 heavy (non-hydrogen) atoms. The molecule has 0 bridgehead atoms. The van der Waals surface area contributed by atoms with E-state index in [1.807, 2.05) is 67.3 Å². The summed E-state index contributed by atoms with van der Waals surface area (Å²) < 4.78 is 70.9. The molecule has 1 atom stereocenters. The quantitative estimate of drug-likeness (QED) is 0.0824. The fourth-order valence-corrected chi connectivity index (χ4v) is 5.53. The van der Waals surface area contributed by atoms with E-state index in [4.69, 9.17) is 4.98 Å². The summed E-state index contributed by atoms with van der Waals surface area (Å²) in [7, 11) is 0. The van der Waals surface area contributed by atoms with Gasteiger partial charge in [0.05, 0.1) is 0 Å². The Hall–Kier alpha value is -4.76. The van der Waals surface area contributed by atoms with Crippen LogP contribution in [0.15, 0.2) is 97.2 Å². The second kappa shape index (κ2) is 14.6. The van der Waals surface area contributed by atoms with Crippen LogP contribution in [0.2, 0.25) is 0 Å². The Balaban J connectivity index is 0.00000486. The van der Waals surface area contributed by atoms with E-state index in [0.717, 1.165) is 34.6 Å². The van der Waals surface area contributed by atoms with E-state index in [-0.39, 0.29) is 38.1 Å². The van der Waals surface area contributed by atoms with Gasteiger partial charge in [0.15, 0.2) is 0 Å². The zero-order valence-corrected chi connectivity index (χ0v) is 29.7. The largest absolute Gasteiger partial charge is 2.00 e. The van der Waals surface area contributed by atoms with Crippen LogP contribution in [0.3, 0.4) is 0 Å². The van der Waals surface area contributed by atoms with Crippen molar-refractivity contribution in [2.45, 2.75) is 51.6 Å². The number of pyridine rings is 3. The van der Waals surface area contributed by atoms with E-state index >= 15 is 4.39 Å². The van der Waals surface area contributed by atoms with Gasteiger partial charge in [-0.1, -0.05) is 80.2 Å². The second-order valence-electron chi connectivity index (χ2n) is 12.1. The molecular weight excluding hydrogens is 831 g/mol. The Kier molecular flexibility index (Phi) is 10.7. The molecule has 6 aromatic rings. The van der Waals surface area contributed by atoms with Crippen LogP contribution in [0, 0.1) is 24.2 Å². The first-order valence-electron chi connectivity index (χ1n) is 15.6. The van der Waals surface area contributed by atoms with Gasteiger partial charge >= 0.3 is 27.2 Å². The van der Waals surface area contributed by atoms with Crippen LogP contribution >= 0.6 is 0 Å². The summed E-state index contributed by atoms with van der Waals surface area (Å²) in [5, 5.41) is 0. The van der Waals surface area contributed by atoms with Crippen LogP contribution in [-0.2, 0) is 32.7 Å². The topological polar surface area (TPSA) is 59.7 Å². The number of para-hydroxylation sites is 1. The van der Waals surface area contributed by atoms with Gasteiger partial charge in [0.1, 0.15) is 17.7 Å². The van der Waals surface area contributed by atoms with Gasteiger partial charge < -0.3 is 19.4 Å². The maximum Gasteiger partial charge on any atom is 2.00 e. The Morgan fingerprint density at radius 3 is 2.18 bits per heavy atom. The van der Waals surface area contributed by atoms with Gasteiger partial charge in [0.2, 0.25) is 0 Å². The van der Waals surface area contributed by atoms with Crippen molar-refractivity contribution in [2.24, 2.45) is 0 Å². The van der Waals surface area contributed by atoms with Crippen LogP contribution < -0.4 is 4.90 Å². The van der Waals surface area contributed by atoms with Gasteiger partial charge in [-0.3, -0.25) is 9.97 Å². The average Bonchev–Trinajstić information content (AvgIpc) is 3.60. The number of rotatable bonds is 9. The van der Waals surface area contributed by atoms with Gasteiger partial charge in [-0.15, -0.1) is 6.07 Å². The summed E-state index contributed by atoms with van der Waals surface area (Å²) in [4.78, 5) is 18.2. The fraction of sp³-hybridized carbons (Fsp3) is 0.211. The van der Waals surface area contributed by atoms with Gasteiger partial charge in [0.25, 0.3) is 0 Å². The molecule has 6 nitrogen and oxygen atoms in total. The van der Waals surface area contributed by atoms with Gasteiger partial charge in [-0.05, 0) is 80.0 Å². The van der Waals surface area contributed by atoms with Crippen molar-refractivity contribution in [1.82, 2.24) is 24.5 Å². The van der Waals surface area contributed by atoms with E-state index in [1.165, 1.54) is 11.6 Å². The van der Waals surface area contributed by atoms with Crippen molar-refractivity contribution >= 4 is 17.1 Å². The van der Waals surface area contributed by atoms with E-state index < -0.39 is 29.3 Å². The van der Waals surface area contributed by atoms with Crippen molar-refractivity contribution < 1.29 is 43.0 Å². The van der Waals surface area contributed by atoms with Gasteiger partial charge in [-0.25, -0.2) is 8.78 Å². The molecule has 0 spiro atoms. The molecule has 1 unspecified atom stereocenters. The Bertz CT molecular complexity index is 2080. The molecule has 0 saturated heterocycles. The number of benzene rings is 2. The minimum absolute atomic E-state index is 0. The van der Waals surface area contributed by atoms with Crippen molar-refractivity contribution in [2.75, 3.05) is 4.90 Å². The molecular formula is C38H31F5N6Pt. The molecule has 0 saturated carbocycles. The van der Waals surface area contributed by atoms with Crippen LogP contribution in [0.5, 0.6) is 0 Å². The number of hydrogen-bond acceptors (Lipinski definition) is 5. The Labute approximate surface area is 301 Å². The SMILES string of the molecule is CCC(C)c1ccc(N(c2ccccc2)c2cc(-c3[c-]cc(F)nc3F)nc(C(C)(C)c3cccc(-n4[c-]cnc4C(F)(F)F)n3)c2)cc1.[Pt+2]. The first-order valence-corrected chi connectivity index (χ1v) is 15.6. The second-order valence-corrected chi connectivity index (χ2v) is 12.1. The summed E-state index contributed by atoms with van der Waals surface area (Å²) in [6, 6.07) is 29.5. The predicted octanol–water partition coefficient (Wildman–Crippen LogP) is 9.93. The van der Waals surface area contributed by atoms with Gasteiger partial charge in [0, 0.05) is 39.7 Å². The van der Waals surface area contributed by atoms with Crippen molar-refractivity contribution in [3.8, 4) is 17.1 Å². The number of anilines is 3. The Morgan fingerprint density at radius 2 is 1.52 bits per heavy atom. The van der Waals surface area contributed by atoms with Crippen LogP contribution in [0.25, 0.3) is 17.1 Å². The van der Waals surface area contributed by atoms with E-state index in [2.05, 4.69) is 53.2 Å². The summed E-state index contributed by atoms with van der Waals surface area (Å²) in [5.41, 5.74) is 3.10. The first kappa shape index (κ1) is 36.5. The van der Waals surface area contributed by atoms with Crippen molar-refractivity contribution in [1.29, 1.82) is 0 Å². The summed E-state index contributed by atoms with van der Waals surface area (Å²) >= 11 is 0.